The van der Waals surface area contributed by atoms with Gasteiger partial charge in [-0.2, -0.15) is 4.98 Å². The molecule has 0 saturated carbocycles. The zero-order chi connectivity index (χ0) is 20.4. The molecule has 0 aliphatic carbocycles. The van der Waals surface area contributed by atoms with Gasteiger partial charge in [0.05, 0.1) is 6.26 Å². The van der Waals surface area contributed by atoms with Gasteiger partial charge in [-0.15, -0.1) is 0 Å². The maximum atomic E-state index is 12.4. The molecule has 1 N–H and O–H groups in total. The number of furan rings is 1. The number of aryl methyl sites for hydroxylation is 3. The second kappa shape index (κ2) is 7.95. The normalized spacial score (nSPS) is 14.2. The van der Waals surface area contributed by atoms with E-state index in [1.807, 2.05) is 24.0 Å². The van der Waals surface area contributed by atoms with Crippen LogP contribution in [0.25, 0.3) is 0 Å². The van der Waals surface area contributed by atoms with Crippen molar-refractivity contribution in [2.24, 2.45) is 0 Å². The van der Waals surface area contributed by atoms with E-state index in [1.165, 1.54) is 17.4 Å². The van der Waals surface area contributed by atoms with Gasteiger partial charge in [0.2, 0.25) is 5.95 Å². The van der Waals surface area contributed by atoms with E-state index in [-0.39, 0.29) is 5.91 Å². The summed E-state index contributed by atoms with van der Waals surface area (Å²) in [6.45, 7) is 8.83. The average molecular weight is 391 g/mol. The summed E-state index contributed by atoms with van der Waals surface area (Å²) in [5, 5.41) is 3.31. The Balaban J connectivity index is 1.45. The summed E-state index contributed by atoms with van der Waals surface area (Å²) >= 11 is 0. The smallest absolute Gasteiger partial charge is 0.289 e. The number of anilines is 3. The van der Waals surface area contributed by atoms with Gasteiger partial charge in [0.1, 0.15) is 5.82 Å². The van der Waals surface area contributed by atoms with E-state index < -0.39 is 0 Å². The standard InChI is InChI=1S/C22H25N5O2/c1-15-6-7-18(13-16(15)2)24-22-23-17(3)14-20(25-22)26-8-10-27(11-9-26)21(28)19-5-4-12-29-19/h4-7,12-14H,8-11H2,1-3H3,(H,23,24,25). The Morgan fingerprint density at radius 1 is 1.00 bits per heavy atom. The first kappa shape index (κ1) is 19.0. The Bertz CT molecular complexity index is 1010. The van der Waals surface area contributed by atoms with Crippen molar-refractivity contribution in [2.75, 3.05) is 36.4 Å². The van der Waals surface area contributed by atoms with Crippen molar-refractivity contribution in [1.82, 2.24) is 14.9 Å². The number of piperazine rings is 1. The highest BCUT2D eigenvalue weighted by Gasteiger charge is 2.24. The summed E-state index contributed by atoms with van der Waals surface area (Å²) in [4.78, 5) is 25.7. The van der Waals surface area contributed by atoms with Crippen molar-refractivity contribution >= 4 is 23.4 Å². The Morgan fingerprint density at radius 3 is 2.48 bits per heavy atom. The topological polar surface area (TPSA) is 74.5 Å². The predicted octanol–water partition coefficient (Wildman–Crippen LogP) is 3.70. The molecule has 4 rings (SSSR count). The van der Waals surface area contributed by atoms with Crippen LogP contribution in [-0.2, 0) is 0 Å². The minimum atomic E-state index is -0.0642. The molecule has 1 aliphatic heterocycles. The van der Waals surface area contributed by atoms with Crippen molar-refractivity contribution in [3.05, 3.63) is 65.2 Å². The molecule has 1 saturated heterocycles. The molecule has 1 fully saturated rings. The number of benzene rings is 1. The quantitative estimate of drug-likeness (QED) is 0.731. The van der Waals surface area contributed by atoms with Crippen molar-refractivity contribution in [3.63, 3.8) is 0 Å². The van der Waals surface area contributed by atoms with Crippen LogP contribution in [0, 0.1) is 20.8 Å². The van der Waals surface area contributed by atoms with Crippen LogP contribution in [0.4, 0.5) is 17.5 Å². The number of aromatic nitrogens is 2. The highest BCUT2D eigenvalue weighted by molar-refractivity contribution is 5.91. The van der Waals surface area contributed by atoms with Crippen LogP contribution in [0.3, 0.4) is 0 Å². The fourth-order valence-corrected chi connectivity index (χ4v) is 3.41. The summed E-state index contributed by atoms with van der Waals surface area (Å²) in [5.74, 6) is 1.77. The molecule has 29 heavy (non-hydrogen) atoms. The third-order valence-electron chi connectivity index (χ3n) is 5.23. The first-order valence-corrected chi connectivity index (χ1v) is 9.77. The maximum absolute atomic E-state index is 12.4. The van der Waals surface area contributed by atoms with Gasteiger partial charge in [-0.25, -0.2) is 4.98 Å². The summed E-state index contributed by atoms with van der Waals surface area (Å²) in [7, 11) is 0. The third kappa shape index (κ3) is 4.23. The molecule has 1 aromatic carbocycles. The fourth-order valence-electron chi connectivity index (χ4n) is 3.41. The lowest BCUT2D eigenvalue weighted by atomic mass is 10.1. The highest BCUT2D eigenvalue weighted by Crippen LogP contribution is 2.21. The van der Waals surface area contributed by atoms with E-state index in [0.717, 1.165) is 17.2 Å². The van der Waals surface area contributed by atoms with Gasteiger partial charge >= 0.3 is 0 Å². The highest BCUT2D eigenvalue weighted by atomic mass is 16.3. The largest absolute Gasteiger partial charge is 0.459 e. The molecular weight excluding hydrogens is 366 g/mol. The zero-order valence-corrected chi connectivity index (χ0v) is 17.0. The molecule has 150 valence electrons. The third-order valence-corrected chi connectivity index (χ3v) is 5.23. The second-order valence-corrected chi connectivity index (χ2v) is 7.37. The van der Waals surface area contributed by atoms with Gasteiger partial charge in [0.15, 0.2) is 5.76 Å². The zero-order valence-electron chi connectivity index (χ0n) is 17.0. The molecule has 0 atom stereocenters. The van der Waals surface area contributed by atoms with Gasteiger partial charge in [-0.3, -0.25) is 4.79 Å². The summed E-state index contributed by atoms with van der Waals surface area (Å²) in [6.07, 6.45) is 1.53. The second-order valence-electron chi connectivity index (χ2n) is 7.37. The molecule has 0 bridgehead atoms. The molecule has 3 heterocycles. The maximum Gasteiger partial charge on any atom is 0.289 e. The van der Waals surface area contributed by atoms with Crippen molar-refractivity contribution < 1.29 is 9.21 Å². The van der Waals surface area contributed by atoms with Gasteiger partial charge in [-0.1, -0.05) is 6.07 Å². The molecule has 3 aromatic rings. The van der Waals surface area contributed by atoms with Crippen LogP contribution in [0.5, 0.6) is 0 Å². The number of amides is 1. The van der Waals surface area contributed by atoms with E-state index in [2.05, 4.69) is 41.2 Å². The number of rotatable bonds is 4. The molecule has 2 aromatic heterocycles. The Morgan fingerprint density at radius 2 is 1.79 bits per heavy atom. The molecule has 0 spiro atoms. The predicted molar refractivity (Wildman–Crippen MR) is 113 cm³/mol. The SMILES string of the molecule is Cc1cc(N2CCN(C(=O)c3ccco3)CC2)nc(Nc2ccc(C)c(C)c2)n1. The lowest BCUT2D eigenvalue weighted by Crippen LogP contribution is -2.49. The van der Waals surface area contributed by atoms with Crippen LogP contribution in [0.2, 0.25) is 0 Å². The summed E-state index contributed by atoms with van der Waals surface area (Å²) < 4.78 is 5.23. The van der Waals surface area contributed by atoms with E-state index >= 15 is 0 Å². The monoisotopic (exact) mass is 391 g/mol. The number of hydrogen-bond acceptors (Lipinski definition) is 6. The van der Waals surface area contributed by atoms with Crippen LogP contribution in [-0.4, -0.2) is 47.0 Å². The average Bonchev–Trinajstić information content (AvgIpc) is 3.25. The van der Waals surface area contributed by atoms with Gasteiger partial charge < -0.3 is 19.5 Å². The van der Waals surface area contributed by atoms with Crippen molar-refractivity contribution in [1.29, 1.82) is 0 Å². The lowest BCUT2D eigenvalue weighted by molar-refractivity contribution is 0.0714. The van der Waals surface area contributed by atoms with Crippen LogP contribution in [0.1, 0.15) is 27.4 Å². The molecule has 7 nitrogen and oxygen atoms in total. The van der Waals surface area contributed by atoms with E-state index in [1.54, 1.807) is 12.1 Å². The molecule has 7 heteroatoms. The minimum Gasteiger partial charge on any atom is -0.459 e. The van der Waals surface area contributed by atoms with Gasteiger partial charge in [0.25, 0.3) is 5.91 Å². The van der Waals surface area contributed by atoms with Crippen LogP contribution >= 0.6 is 0 Å². The minimum absolute atomic E-state index is 0.0642. The van der Waals surface area contributed by atoms with Crippen molar-refractivity contribution in [3.8, 4) is 0 Å². The Kier molecular flexibility index (Phi) is 5.20. The van der Waals surface area contributed by atoms with E-state index in [9.17, 15) is 4.79 Å². The molecular formula is C22H25N5O2. The molecule has 1 amide bonds. The number of nitrogens with zero attached hydrogens (tertiary/aromatic N) is 4. The van der Waals surface area contributed by atoms with E-state index in [4.69, 9.17) is 9.40 Å². The summed E-state index contributed by atoms with van der Waals surface area (Å²) in [6, 6.07) is 11.6. The van der Waals surface area contributed by atoms with Crippen molar-refractivity contribution in [2.45, 2.75) is 20.8 Å². The van der Waals surface area contributed by atoms with Gasteiger partial charge in [0, 0.05) is 43.6 Å². The molecule has 0 unspecified atom stereocenters. The Hall–Kier alpha value is -3.35. The number of carbonyl (C=O) groups excluding carboxylic acids is 1. The number of nitrogens with one attached hydrogen (secondary N) is 1. The Labute approximate surface area is 170 Å². The van der Waals surface area contributed by atoms with Crippen LogP contribution < -0.4 is 10.2 Å². The van der Waals surface area contributed by atoms with Gasteiger partial charge in [-0.05, 0) is 56.2 Å². The first-order chi connectivity index (χ1) is 14.0. The fraction of sp³-hybridized carbons (Fsp3) is 0.318. The number of carbonyl (C=O) groups is 1. The van der Waals surface area contributed by atoms with E-state index in [0.29, 0.717) is 37.9 Å². The van der Waals surface area contributed by atoms with Crippen LogP contribution in [0.15, 0.2) is 47.1 Å². The lowest BCUT2D eigenvalue weighted by Gasteiger charge is -2.35. The number of hydrogen-bond donors (Lipinski definition) is 1. The summed E-state index contributed by atoms with van der Waals surface area (Å²) in [5.41, 5.74) is 4.34. The molecule has 0 radical (unpaired) electrons. The molecule has 1 aliphatic rings. The first-order valence-electron chi connectivity index (χ1n) is 9.77.